The second-order valence-electron chi connectivity index (χ2n) is 7.59. The van der Waals surface area contributed by atoms with Crippen LogP contribution in [0.15, 0.2) is 24.3 Å². The van der Waals surface area contributed by atoms with Crippen molar-refractivity contribution < 1.29 is 19.2 Å². The van der Waals surface area contributed by atoms with Gasteiger partial charge in [-0.2, -0.15) is 0 Å². The maximum Gasteiger partial charge on any atom is 0.334 e. The summed E-state index contributed by atoms with van der Waals surface area (Å²) in [5.74, 6) is -2.08. The number of likely N-dealkylation sites (N-methyl/N-ethyl adjacent to an activating group) is 1. The topological polar surface area (TPSA) is 78.0 Å². The fourth-order valence-corrected chi connectivity index (χ4v) is 3.77. The van der Waals surface area contributed by atoms with Crippen molar-refractivity contribution in [2.24, 2.45) is 5.92 Å². The van der Waals surface area contributed by atoms with E-state index in [2.05, 4.69) is 6.07 Å². The molecule has 1 aromatic carbocycles. The normalized spacial score (nSPS) is 19.7. The van der Waals surface area contributed by atoms with E-state index in [0.29, 0.717) is 0 Å². The Morgan fingerprint density at radius 3 is 2.52 bits per heavy atom. The average molecular weight is 371 g/mol. The van der Waals surface area contributed by atoms with Crippen molar-refractivity contribution in [1.29, 1.82) is 0 Å². The predicted octanol–water partition coefficient (Wildman–Crippen LogP) is 1.97. The molecule has 1 saturated heterocycles. The first-order valence-electron chi connectivity index (χ1n) is 9.32. The van der Waals surface area contributed by atoms with Gasteiger partial charge < -0.3 is 4.90 Å². The van der Waals surface area contributed by atoms with Gasteiger partial charge in [-0.05, 0) is 36.3 Å². The van der Waals surface area contributed by atoms with E-state index >= 15 is 0 Å². The number of fused-ring (bicyclic) bond motifs is 1. The smallest absolute Gasteiger partial charge is 0.334 e. The molecule has 0 unspecified atom stereocenters. The molecular formula is C20H25N3O4. The van der Waals surface area contributed by atoms with Gasteiger partial charge in [0.25, 0.3) is 0 Å². The van der Waals surface area contributed by atoms with E-state index in [-0.39, 0.29) is 24.4 Å². The number of nitrogens with zero attached hydrogens (tertiary/aromatic N) is 3. The lowest BCUT2D eigenvalue weighted by molar-refractivity contribution is -0.145. The maximum absolute atomic E-state index is 12.8. The Bertz CT molecular complexity index is 789. The second kappa shape index (κ2) is 7.50. The van der Waals surface area contributed by atoms with Crippen molar-refractivity contribution in [3.63, 3.8) is 0 Å². The van der Waals surface area contributed by atoms with Gasteiger partial charge in [0.1, 0.15) is 6.54 Å². The van der Waals surface area contributed by atoms with Gasteiger partial charge in [-0.3, -0.25) is 19.3 Å². The van der Waals surface area contributed by atoms with Crippen LogP contribution in [0.1, 0.15) is 43.9 Å². The zero-order valence-electron chi connectivity index (χ0n) is 16.0. The molecular weight excluding hydrogens is 346 g/mol. The summed E-state index contributed by atoms with van der Waals surface area (Å²) in [6.45, 7) is 3.47. The fourth-order valence-electron chi connectivity index (χ4n) is 3.77. The van der Waals surface area contributed by atoms with E-state index in [1.54, 1.807) is 11.9 Å². The molecule has 27 heavy (non-hydrogen) atoms. The van der Waals surface area contributed by atoms with Crippen LogP contribution in [0, 0.1) is 5.92 Å². The number of imide groups is 2. The summed E-state index contributed by atoms with van der Waals surface area (Å²) in [6, 6.07) is 7.23. The van der Waals surface area contributed by atoms with Crippen molar-refractivity contribution in [2.45, 2.75) is 39.2 Å². The number of amides is 5. The standard InChI is InChI=1S/C20H25N3O4/c1-13(2)11-22-18(25)19(26)23(20(22)27)12-17(24)21(3)16-10-6-8-14-7-4-5-9-15(14)16/h4-5,7,9,13,16H,6,8,10-12H2,1-3H3/t16-/m1/s1. The highest BCUT2D eigenvalue weighted by Gasteiger charge is 2.45. The Morgan fingerprint density at radius 1 is 1.15 bits per heavy atom. The van der Waals surface area contributed by atoms with Crippen molar-refractivity contribution in [3.8, 4) is 0 Å². The van der Waals surface area contributed by atoms with Gasteiger partial charge in [-0.15, -0.1) is 0 Å². The van der Waals surface area contributed by atoms with Crippen molar-refractivity contribution in [1.82, 2.24) is 14.7 Å². The summed E-state index contributed by atoms with van der Waals surface area (Å²) in [7, 11) is 1.69. The summed E-state index contributed by atoms with van der Waals surface area (Å²) in [4.78, 5) is 52.7. The van der Waals surface area contributed by atoms with Crippen LogP contribution in [0.4, 0.5) is 4.79 Å². The number of aryl methyl sites for hydroxylation is 1. The lowest BCUT2D eigenvalue weighted by atomic mass is 9.87. The summed E-state index contributed by atoms with van der Waals surface area (Å²) < 4.78 is 0. The Hall–Kier alpha value is -2.70. The second-order valence-corrected chi connectivity index (χ2v) is 7.59. The largest absolute Gasteiger partial charge is 0.337 e. The minimum atomic E-state index is -0.925. The predicted molar refractivity (Wildman–Crippen MR) is 98.6 cm³/mol. The molecule has 0 spiro atoms. The van der Waals surface area contributed by atoms with E-state index in [1.165, 1.54) is 5.56 Å². The van der Waals surface area contributed by atoms with Crippen LogP contribution < -0.4 is 0 Å². The summed E-state index contributed by atoms with van der Waals surface area (Å²) in [6.07, 6.45) is 2.79. The molecule has 0 radical (unpaired) electrons. The quantitative estimate of drug-likeness (QED) is 0.586. The number of carbonyl (C=O) groups is 4. The number of hydrogen-bond donors (Lipinski definition) is 0. The van der Waals surface area contributed by atoms with Gasteiger partial charge in [-0.25, -0.2) is 9.69 Å². The third-order valence-corrected chi connectivity index (χ3v) is 5.17. The Balaban J connectivity index is 1.73. The third kappa shape index (κ3) is 3.59. The summed E-state index contributed by atoms with van der Waals surface area (Å²) in [5.41, 5.74) is 2.33. The number of urea groups is 1. The number of carbonyl (C=O) groups excluding carboxylic acids is 4. The molecule has 0 bridgehead atoms. The van der Waals surface area contributed by atoms with E-state index < -0.39 is 24.4 Å². The molecule has 1 aliphatic carbocycles. The molecule has 5 amide bonds. The molecule has 7 nitrogen and oxygen atoms in total. The molecule has 3 rings (SSSR count). The molecule has 1 fully saturated rings. The van der Waals surface area contributed by atoms with Gasteiger partial charge in [0.05, 0.1) is 6.04 Å². The van der Waals surface area contributed by atoms with E-state index in [0.717, 1.165) is 34.6 Å². The van der Waals surface area contributed by atoms with Crippen LogP contribution in [0.2, 0.25) is 0 Å². The number of benzene rings is 1. The zero-order valence-corrected chi connectivity index (χ0v) is 16.0. The molecule has 1 aromatic rings. The van der Waals surface area contributed by atoms with E-state index in [1.807, 2.05) is 32.0 Å². The molecule has 7 heteroatoms. The summed E-state index contributed by atoms with van der Waals surface area (Å²) in [5, 5.41) is 0. The summed E-state index contributed by atoms with van der Waals surface area (Å²) >= 11 is 0. The minimum absolute atomic E-state index is 0.0442. The van der Waals surface area contributed by atoms with Crippen LogP contribution in [-0.2, 0) is 20.8 Å². The first kappa shape index (κ1) is 19.1. The lowest BCUT2D eigenvalue weighted by Gasteiger charge is -2.34. The molecule has 1 atom stereocenters. The Morgan fingerprint density at radius 2 is 1.81 bits per heavy atom. The molecule has 144 valence electrons. The molecule has 0 N–H and O–H groups in total. The lowest BCUT2D eigenvalue weighted by Crippen LogP contribution is -2.44. The van der Waals surface area contributed by atoms with Gasteiger partial charge in [0.15, 0.2) is 0 Å². The fraction of sp³-hybridized carbons (Fsp3) is 0.500. The van der Waals surface area contributed by atoms with E-state index in [4.69, 9.17) is 0 Å². The number of rotatable bonds is 5. The van der Waals surface area contributed by atoms with E-state index in [9.17, 15) is 19.2 Å². The maximum atomic E-state index is 12.8. The van der Waals surface area contributed by atoms with Gasteiger partial charge in [0, 0.05) is 13.6 Å². The SMILES string of the molecule is CC(C)CN1C(=O)C(=O)N(CC(=O)N(C)[C@@H]2CCCc3ccccc32)C1=O. The van der Waals surface area contributed by atoms with Crippen LogP contribution in [0.25, 0.3) is 0 Å². The van der Waals surface area contributed by atoms with Gasteiger partial charge in [-0.1, -0.05) is 38.1 Å². The molecule has 0 saturated carbocycles. The Kier molecular flexibility index (Phi) is 5.30. The van der Waals surface area contributed by atoms with Crippen molar-refractivity contribution >= 4 is 23.8 Å². The average Bonchev–Trinajstić information content (AvgIpc) is 2.84. The van der Waals surface area contributed by atoms with Crippen LogP contribution in [-0.4, -0.2) is 58.6 Å². The van der Waals surface area contributed by atoms with Gasteiger partial charge in [0.2, 0.25) is 5.91 Å². The first-order chi connectivity index (χ1) is 12.8. The van der Waals surface area contributed by atoms with Crippen LogP contribution in [0.5, 0.6) is 0 Å². The molecule has 1 aliphatic heterocycles. The van der Waals surface area contributed by atoms with Crippen molar-refractivity contribution in [2.75, 3.05) is 20.1 Å². The molecule has 2 aliphatic rings. The third-order valence-electron chi connectivity index (χ3n) is 5.17. The van der Waals surface area contributed by atoms with Crippen LogP contribution >= 0.6 is 0 Å². The highest BCUT2D eigenvalue weighted by atomic mass is 16.2. The first-order valence-corrected chi connectivity index (χ1v) is 9.32. The number of hydrogen-bond acceptors (Lipinski definition) is 4. The minimum Gasteiger partial charge on any atom is -0.337 e. The molecule has 0 aromatic heterocycles. The Labute approximate surface area is 158 Å². The monoisotopic (exact) mass is 371 g/mol. The van der Waals surface area contributed by atoms with Gasteiger partial charge >= 0.3 is 17.8 Å². The molecule has 1 heterocycles. The zero-order chi connectivity index (χ0) is 19.7. The highest BCUT2D eigenvalue weighted by molar-refractivity contribution is 6.45. The highest BCUT2D eigenvalue weighted by Crippen LogP contribution is 2.33. The van der Waals surface area contributed by atoms with Crippen molar-refractivity contribution in [3.05, 3.63) is 35.4 Å². The van der Waals surface area contributed by atoms with Crippen LogP contribution in [0.3, 0.4) is 0 Å².